The van der Waals surface area contributed by atoms with Gasteiger partial charge >= 0.3 is 0 Å². The Labute approximate surface area is 108 Å². The molecule has 0 atom stereocenters. The van der Waals surface area contributed by atoms with E-state index in [1.54, 1.807) is 11.4 Å². The van der Waals surface area contributed by atoms with Gasteiger partial charge in [0, 0.05) is 29.9 Å². The lowest BCUT2D eigenvalue weighted by Gasteiger charge is -2.18. The summed E-state index contributed by atoms with van der Waals surface area (Å²) >= 11 is 1.48. The number of nitrogens with zero attached hydrogens (tertiary/aromatic N) is 1. The van der Waals surface area contributed by atoms with Crippen molar-refractivity contribution in [2.24, 2.45) is 0 Å². The fraction of sp³-hybridized carbons (Fsp3) is 0.636. The van der Waals surface area contributed by atoms with E-state index in [0.717, 1.165) is 11.3 Å². The molecule has 0 aliphatic carbocycles. The van der Waals surface area contributed by atoms with Crippen molar-refractivity contribution >= 4 is 21.4 Å². The van der Waals surface area contributed by atoms with Crippen LogP contribution in [0.25, 0.3) is 0 Å². The van der Waals surface area contributed by atoms with Gasteiger partial charge in [0.25, 0.3) is 0 Å². The molecule has 0 unspecified atom stereocenters. The molecule has 6 heteroatoms. The van der Waals surface area contributed by atoms with E-state index in [9.17, 15) is 8.42 Å². The van der Waals surface area contributed by atoms with E-state index in [0.29, 0.717) is 24.5 Å². The fourth-order valence-electron chi connectivity index (χ4n) is 1.61. The summed E-state index contributed by atoms with van der Waals surface area (Å²) in [5, 5.41) is 4.74. The molecule has 0 spiro atoms. The standard InChI is InChI=1S/C11H20N2O2S2/c1-4-6-13(5-2)17(14,15)11-7-10(8-12-3)16-9-11/h7,9,12H,4-6,8H2,1-3H3. The van der Waals surface area contributed by atoms with Crippen molar-refractivity contribution in [3.63, 3.8) is 0 Å². The highest BCUT2D eigenvalue weighted by molar-refractivity contribution is 7.89. The molecule has 1 aromatic heterocycles. The molecule has 1 heterocycles. The van der Waals surface area contributed by atoms with Crippen molar-refractivity contribution in [2.45, 2.75) is 31.7 Å². The van der Waals surface area contributed by atoms with Gasteiger partial charge in [0.1, 0.15) is 0 Å². The summed E-state index contributed by atoms with van der Waals surface area (Å²) < 4.78 is 26.1. The van der Waals surface area contributed by atoms with Gasteiger partial charge in [0.15, 0.2) is 0 Å². The van der Waals surface area contributed by atoms with Gasteiger partial charge in [-0.15, -0.1) is 11.3 Å². The number of rotatable bonds is 7. The fourth-order valence-corrected chi connectivity index (χ4v) is 4.43. The van der Waals surface area contributed by atoms with Crippen LogP contribution in [0.5, 0.6) is 0 Å². The van der Waals surface area contributed by atoms with Crippen molar-refractivity contribution in [1.29, 1.82) is 0 Å². The van der Waals surface area contributed by atoms with E-state index in [1.807, 2.05) is 20.9 Å². The molecule has 1 rings (SSSR count). The largest absolute Gasteiger partial charge is 0.315 e. The lowest BCUT2D eigenvalue weighted by Crippen LogP contribution is -2.31. The quantitative estimate of drug-likeness (QED) is 0.827. The van der Waals surface area contributed by atoms with Crippen LogP contribution < -0.4 is 5.32 Å². The van der Waals surface area contributed by atoms with Crippen LogP contribution in [0.15, 0.2) is 16.3 Å². The van der Waals surface area contributed by atoms with Crippen LogP contribution in [0.1, 0.15) is 25.1 Å². The lowest BCUT2D eigenvalue weighted by atomic mass is 10.5. The molecular formula is C11H20N2O2S2. The second-order valence-corrected chi connectivity index (χ2v) is 6.71. The number of hydrogen-bond acceptors (Lipinski definition) is 4. The van der Waals surface area contributed by atoms with E-state index in [1.165, 1.54) is 15.6 Å². The molecule has 0 saturated heterocycles. The van der Waals surface area contributed by atoms with Gasteiger partial charge in [-0.2, -0.15) is 4.31 Å². The monoisotopic (exact) mass is 276 g/mol. The minimum atomic E-state index is -3.29. The third-order valence-electron chi connectivity index (χ3n) is 2.44. The maximum Gasteiger partial charge on any atom is 0.243 e. The first kappa shape index (κ1) is 14.6. The Morgan fingerprint density at radius 1 is 1.41 bits per heavy atom. The molecular weight excluding hydrogens is 256 g/mol. The van der Waals surface area contributed by atoms with Gasteiger partial charge < -0.3 is 5.32 Å². The maximum atomic E-state index is 12.3. The van der Waals surface area contributed by atoms with E-state index in [-0.39, 0.29) is 0 Å². The molecule has 4 nitrogen and oxygen atoms in total. The summed E-state index contributed by atoms with van der Waals surface area (Å²) in [5.74, 6) is 0. The summed E-state index contributed by atoms with van der Waals surface area (Å²) in [6, 6.07) is 1.76. The van der Waals surface area contributed by atoms with Crippen molar-refractivity contribution in [3.8, 4) is 0 Å². The van der Waals surface area contributed by atoms with Crippen LogP contribution in [0, 0.1) is 0 Å². The topological polar surface area (TPSA) is 49.4 Å². The van der Waals surface area contributed by atoms with Gasteiger partial charge in [-0.25, -0.2) is 8.42 Å². The van der Waals surface area contributed by atoms with Crippen LogP contribution in [0.4, 0.5) is 0 Å². The average molecular weight is 276 g/mol. The van der Waals surface area contributed by atoms with Crippen molar-refractivity contribution < 1.29 is 8.42 Å². The van der Waals surface area contributed by atoms with Gasteiger partial charge in [-0.1, -0.05) is 13.8 Å². The first-order chi connectivity index (χ1) is 8.06. The minimum Gasteiger partial charge on any atom is -0.315 e. The summed E-state index contributed by atoms with van der Waals surface area (Å²) in [4.78, 5) is 1.46. The zero-order valence-corrected chi connectivity index (χ0v) is 12.2. The van der Waals surface area contributed by atoms with Crippen LogP contribution in [-0.4, -0.2) is 32.9 Å². The highest BCUT2D eigenvalue weighted by Crippen LogP contribution is 2.22. The van der Waals surface area contributed by atoms with Crippen LogP contribution in [0.3, 0.4) is 0 Å². The van der Waals surface area contributed by atoms with Crippen LogP contribution in [-0.2, 0) is 16.6 Å². The summed E-state index contributed by atoms with van der Waals surface area (Å²) in [5.41, 5.74) is 0. The van der Waals surface area contributed by atoms with E-state index >= 15 is 0 Å². The molecule has 0 aliphatic heterocycles. The normalized spacial score (nSPS) is 12.2. The van der Waals surface area contributed by atoms with Gasteiger partial charge in [-0.3, -0.25) is 0 Å². The first-order valence-corrected chi connectivity index (χ1v) is 8.10. The maximum absolute atomic E-state index is 12.3. The second-order valence-electron chi connectivity index (χ2n) is 3.78. The van der Waals surface area contributed by atoms with E-state index in [2.05, 4.69) is 5.32 Å². The third-order valence-corrected chi connectivity index (χ3v) is 5.48. The SMILES string of the molecule is CCCN(CC)S(=O)(=O)c1csc(CNC)c1. The Hall–Kier alpha value is -0.430. The van der Waals surface area contributed by atoms with E-state index < -0.39 is 10.0 Å². The predicted molar refractivity (Wildman–Crippen MR) is 71.8 cm³/mol. The summed E-state index contributed by atoms with van der Waals surface area (Å²) in [7, 11) is -1.44. The molecule has 0 aromatic carbocycles. The molecule has 0 bridgehead atoms. The Balaban J connectivity index is 2.94. The van der Waals surface area contributed by atoms with Gasteiger partial charge in [-0.05, 0) is 19.5 Å². The molecule has 0 amide bonds. The molecule has 1 aromatic rings. The zero-order valence-electron chi connectivity index (χ0n) is 10.6. The average Bonchev–Trinajstić information content (AvgIpc) is 2.75. The van der Waals surface area contributed by atoms with E-state index in [4.69, 9.17) is 0 Å². The highest BCUT2D eigenvalue weighted by Gasteiger charge is 2.23. The molecule has 0 fully saturated rings. The Morgan fingerprint density at radius 3 is 2.65 bits per heavy atom. The zero-order chi connectivity index (χ0) is 12.9. The van der Waals surface area contributed by atoms with Crippen LogP contribution in [0.2, 0.25) is 0 Å². The first-order valence-electron chi connectivity index (χ1n) is 5.78. The molecule has 1 N–H and O–H groups in total. The van der Waals surface area contributed by atoms with Crippen molar-refractivity contribution in [2.75, 3.05) is 20.1 Å². The summed E-state index contributed by atoms with van der Waals surface area (Å²) in [6.07, 6.45) is 0.834. The lowest BCUT2D eigenvalue weighted by molar-refractivity contribution is 0.427. The number of hydrogen-bond donors (Lipinski definition) is 1. The molecule has 17 heavy (non-hydrogen) atoms. The number of thiophene rings is 1. The van der Waals surface area contributed by atoms with Crippen molar-refractivity contribution in [1.82, 2.24) is 9.62 Å². The van der Waals surface area contributed by atoms with Gasteiger partial charge in [0.2, 0.25) is 10.0 Å². The molecule has 0 saturated carbocycles. The van der Waals surface area contributed by atoms with Gasteiger partial charge in [0.05, 0.1) is 4.90 Å². The third kappa shape index (κ3) is 3.51. The molecule has 0 aliphatic rings. The number of sulfonamides is 1. The number of nitrogens with one attached hydrogen (secondary N) is 1. The Morgan fingerprint density at radius 2 is 2.12 bits per heavy atom. The Bertz CT molecular complexity index is 440. The van der Waals surface area contributed by atoms with Crippen LogP contribution >= 0.6 is 11.3 Å². The smallest absolute Gasteiger partial charge is 0.243 e. The highest BCUT2D eigenvalue weighted by atomic mass is 32.2. The summed E-state index contributed by atoms with van der Waals surface area (Å²) in [6.45, 7) is 5.66. The molecule has 0 radical (unpaired) electrons. The Kier molecular flexibility index (Phi) is 5.58. The molecule has 98 valence electrons. The second kappa shape index (κ2) is 6.49. The minimum absolute atomic E-state index is 0.419. The van der Waals surface area contributed by atoms with Crippen molar-refractivity contribution in [3.05, 3.63) is 16.3 Å². The predicted octanol–water partition coefficient (Wildman–Crippen LogP) is 1.89.